The van der Waals surface area contributed by atoms with E-state index in [9.17, 15) is 4.79 Å². The molecule has 1 heterocycles. The second-order valence-corrected chi connectivity index (χ2v) is 7.37. The maximum atomic E-state index is 12.1. The first-order chi connectivity index (χ1) is 10.1. The van der Waals surface area contributed by atoms with Crippen molar-refractivity contribution in [2.24, 2.45) is 23.5 Å². The zero-order chi connectivity index (χ0) is 15.2. The van der Waals surface area contributed by atoms with Crippen LogP contribution in [0.5, 0.6) is 0 Å². The third kappa shape index (κ3) is 5.26. The Bertz CT molecular complexity index is 324. The normalized spacial score (nSPS) is 30.8. The van der Waals surface area contributed by atoms with Crippen molar-refractivity contribution in [2.45, 2.75) is 58.4 Å². The molecule has 2 aliphatic rings. The van der Waals surface area contributed by atoms with E-state index in [4.69, 9.17) is 5.73 Å². The highest BCUT2D eigenvalue weighted by Crippen LogP contribution is 2.30. The van der Waals surface area contributed by atoms with Gasteiger partial charge in [-0.2, -0.15) is 0 Å². The van der Waals surface area contributed by atoms with Gasteiger partial charge in [0.2, 0.25) is 5.91 Å². The molecule has 4 nitrogen and oxygen atoms in total. The van der Waals surface area contributed by atoms with Crippen LogP contribution in [-0.2, 0) is 4.79 Å². The van der Waals surface area contributed by atoms with E-state index in [2.05, 4.69) is 24.1 Å². The van der Waals surface area contributed by atoms with Gasteiger partial charge in [0.05, 0.1) is 0 Å². The van der Waals surface area contributed by atoms with E-state index in [1.807, 2.05) is 0 Å². The highest BCUT2D eigenvalue weighted by atomic mass is 16.1. The van der Waals surface area contributed by atoms with Gasteiger partial charge >= 0.3 is 0 Å². The summed E-state index contributed by atoms with van der Waals surface area (Å²) < 4.78 is 0. The van der Waals surface area contributed by atoms with Crippen molar-refractivity contribution in [3.63, 3.8) is 0 Å². The molecule has 0 spiro atoms. The van der Waals surface area contributed by atoms with Crippen LogP contribution in [0.2, 0.25) is 0 Å². The van der Waals surface area contributed by atoms with Crippen molar-refractivity contribution in [2.75, 3.05) is 26.2 Å². The molecule has 122 valence electrons. The van der Waals surface area contributed by atoms with Gasteiger partial charge in [-0.05, 0) is 76.8 Å². The summed E-state index contributed by atoms with van der Waals surface area (Å²) in [6, 6.07) is 0.628. The number of hydrogen-bond donors (Lipinski definition) is 2. The number of amides is 1. The Balaban J connectivity index is 1.60. The highest BCUT2D eigenvalue weighted by molar-refractivity contribution is 5.76. The Morgan fingerprint density at radius 2 is 1.81 bits per heavy atom. The summed E-state index contributed by atoms with van der Waals surface area (Å²) in [5.74, 6) is 2.19. The first kappa shape index (κ1) is 16.8. The first-order valence-corrected chi connectivity index (χ1v) is 8.79. The van der Waals surface area contributed by atoms with Crippen molar-refractivity contribution in [3.8, 4) is 0 Å². The molecular weight excluding hydrogens is 262 g/mol. The molecule has 1 saturated heterocycles. The number of carbonyl (C=O) groups excluding carboxylic acids is 1. The summed E-state index contributed by atoms with van der Waals surface area (Å²) in [5.41, 5.74) is 5.72. The van der Waals surface area contributed by atoms with Gasteiger partial charge in [0.25, 0.3) is 0 Å². The predicted octanol–water partition coefficient (Wildman–Crippen LogP) is 1.99. The molecule has 0 bridgehead atoms. The lowest BCUT2D eigenvalue weighted by Gasteiger charge is -2.27. The maximum Gasteiger partial charge on any atom is 0.220 e. The average Bonchev–Trinajstić information content (AvgIpc) is 2.95. The van der Waals surface area contributed by atoms with Crippen LogP contribution in [-0.4, -0.2) is 43.0 Å². The van der Waals surface area contributed by atoms with E-state index < -0.39 is 0 Å². The molecule has 2 rings (SSSR count). The van der Waals surface area contributed by atoms with Gasteiger partial charge in [0.15, 0.2) is 0 Å². The van der Waals surface area contributed by atoms with Crippen LogP contribution in [0, 0.1) is 17.8 Å². The largest absolute Gasteiger partial charge is 0.356 e. The number of nitrogens with two attached hydrogens (primary N) is 1. The van der Waals surface area contributed by atoms with Crippen LogP contribution in [0.1, 0.15) is 52.4 Å². The summed E-state index contributed by atoms with van der Waals surface area (Å²) >= 11 is 0. The van der Waals surface area contributed by atoms with Crippen molar-refractivity contribution < 1.29 is 4.79 Å². The molecule has 1 atom stereocenters. The Kier molecular flexibility index (Phi) is 6.49. The van der Waals surface area contributed by atoms with Crippen LogP contribution in [0.4, 0.5) is 0 Å². The standard InChI is InChI=1S/C17H33N3O/c1-13(2)20-8-7-16(12-20)11-19-17(21)9-14-3-5-15(10-18)6-4-14/h13-16H,3-12,18H2,1-2H3,(H,19,21). The zero-order valence-corrected chi connectivity index (χ0v) is 13.8. The summed E-state index contributed by atoms with van der Waals surface area (Å²) in [6.45, 7) is 8.49. The van der Waals surface area contributed by atoms with Crippen LogP contribution >= 0.6 is 0 Å². The Morgan fingerprint density at radius 3 is 2.38 bits per heavy atom. The molecule has 0 aromatic rings. The van der Waals surface area contributed by atoms with Gasteiger partial charge in [-0.25, -0.2) is 0 Å². The van der Waals surface area contributed by atoms with Gasteiger partial charge in [-0.15, -0.1) is 0 Å². The third-order valence-corrected chi connectivity index (χ3v) is 5.41. The minimum Gasteiger partial charge on any atom is -0.356 e. The maximum absolute atomic E-state index is 12.1. The quantitative estimate of drug-likeness (QED) is 0.788. The molecule has 3 N–H and O–H groups in total. The lowest BCUT2D eigenvalue weighted by Crippen LogP contribution is -2.34. The second kappa shape index (κ2) is 8.14. The summed E-state index contributed by atoms with van der Waals surface area (Å²) in [6.07, 6.45) is 6.72. The van der Waals surface area contributed by atoms with E-state index in [1.165, 1.54) is 38.6 Å². The van der Waals surface area contributed by atoms with Gasteiger partial charge in [-0.1, -0.05) is 0 Å². The Morgan fingerprint density at radius 1 is 1.14 bits per heavy atom. The topological polar surface area (TPSA) is 58.4 Å². The van der Waals surface area contributed by atoms with Crippen LogP contribution in [0.25, 0.3) is 0 Å². The third-order valence-electron chi connectivity index (χ3n) is 5.41. The van der Waals surface area contributed by atoms with Crippen LogP contribution in [0.15, 0.2) is 0 Å². The summed E-state index contributed by atoms with van der Waals surface area (Å²) in [4.78, 5) is 14.6. The Labute approximate surface area is 129 Å². The number of carbonyl (C=O) groups is 1. The van der Waals surface area contributed by atoms with Crippen LogP contribution < -0.4 is 11.1 Å². The van der Waals surface area contributed by atoms with E-state index in [1.54, 1.807) is 0 Å². The predicted molar refractivity (Wildman–Crippen MR) is 86.9 cm³/mol. The minimum absolute atomic E-state index is 0.259. The van der Waals surface area contributed by atoms with Gasteiger partial charge in [0.1, 0.15) is 0 Å². The molecule has 1 aliphatic heterocycles. The SMILES string of the molecule is CC(C)N1CCC(CNC(=O)CC2CCC(CN)CC2)C1. The molecule has 1 unspecified atom stereocenters. The lowest BCUT2D eigenvalue weighted by molar-refractivity contribution is -0.122. The minimum atomic E-state index is 0.259. The highest BCUT2D eigenvalue weighted by Gasteiger charge is 2.25. The van der Waals surface area contributed by atoms with E-state index >= 15 is 0 Å². The zero-order valence-electron chi connectivity index (χ0n) is 13.8. The molecule has 1 saturated carbocycles. The smallest absolute Gasteiger partial charge is 0.220 e. The van der Waals surface area contributed by atoms with Crippen molar-refractivity contribution in [1.29, 1.82) is 0 Å². The molecule has 2 fully saturated rings. The van der Waals surface area contributed by atoms with Gasteiger partial charge < -0.3 is 16.0 Å². The fourth-order valence-corrected chi connectivity index (χ4v) is 3.76. The van der Waals surface area contributed by atoms with Crippen molar-refractivity contribution >= 4 is 5.91 Å². The molecular formula is C17H33N3O. The van der Waals surface area contributed by atoms with Gasteiger partial charge in [-0.3, -0.25) is 4.79 Å². The molecule has 4 heteroatoms. The van der Waals surface area contributed by atoms with Crippen LogP contribution in [0.3, 0.4) is 0 Å². The second-order valence-electron chi connectivity index (χ2n) is 7.37. The molecule has 0 aromatic carbocycles. The Hall–Kier alpha value is -0.610. The first-order valence-electron chi connectivity index (χ1n) is 8.79. The number of hydrogen-bond acceptors (Lipinski definition) is 3. The molecule has 0 radical (unpaired) electrons. The summed E-state index contributed by atoms with van der Waals surface area (Å²) in [7, 11) is 0. The molecule has 1 aliphatic carbocycles. The van der Waals surface area contributed by atoms with E-state index in [0.717, 1.165) is 26.1 Å². The number of nitrogens with one attached hydrogen (secondary N) is 1. The lowest BCUT2D eigenvalue weighted by atomic mass is 9.80. The van der Waals surface area contributed by atoms with E-state index in [0.29, 0.717) is 23.8 Å². The number of likely N-dealkylation sites (tertiary alicyclic amines) is 1. The fourth-order valence-electron chi connectivity index (χ4n) is 3.76. The number of rotatable bonds is 6. The summed E-state index contributed by atoms with van der Waals surface area (Å²) in [5, 5.41) is 3.17. The van der Waals surface area contributed by atoms with Gasteiger partial charge in [0, 0.05) is 25.6 Å². The average molecular weight is 295 g/mol. The van der Waals surface area contributed by atoms with E-state index in [-0.39, 0.29) is 5.91 Å². The molecule has 1 amide bonds. The molecule has 0 aromatic heterocycles. The van der Waals surface area contributed by atoms with Crippen molar-refractivity contribution in [3.05, 3.63) is 0 Å². The monoisotopic (exact) mass is 295 g/mol. The molecule has 21 heavy (non-hydrogen) atoms. The fraction of sp³-hybridized carbons (Fsp3) is 0.941. The number of nitrogens with zero attached hydrogens (tertiary/aromatic N) is 1. The van der Waals surface area contributed by atoms with Crippen molar-refractivity contribution in [1.82, 2.24) is 10.2 Å².